The topological polar surface area (TPSA) is 0 Å². The van der Waals surface area contributed by atoms with Crippen molar-refractivity contribution in [1.29, 1.82) is 0 Å². The van der Waals surface area contributed by atoms with Gasteiger partial charge < -0.3 is 0 Å². The van der Waals surface area contributed by atoms with Crippen LogP contribution in [-0.2, 0) is 0 Å². The summed E-state index contributed by atoms with van der Waals surface area (Å²) < 4.78 is 0. The van der Waals surface area contributed by atoms with Crippen molar-refractivity contribution < 1.29 is 0 Å². The summed E-state index contributed by atoms with van der Waals surface area (Å²) in [6.07, 6.45) is 0. The average molecular weight is 412 g/mol. The third-order valence-electron chi connectivity index (χ3n) is 7.83. The first-order chi connectivity index (χ1) is 14.3. The molecule has 0 amide bonds. The van der Waals surface area contributed by atoms with E-state index in [1.54, 1.807) is 21.2 Å². The van der Waals surface area contributed by atoms with Crippen molar-refractivity contribution in [2.75, 3.05) is 0 Å². The molecule has 0 bridgehead atoms. The average Bonchev–Trinajstić information content (AvgIpc) is 3.61. The first-order valence-electron chi connectivity index (χ1n) is 10.5. The predicted octanol–water partition coefficient (Wildman–Crippen LogP) is 4.86. The van der Waals surface area contributed by atoms with Crippen LogP contribution in [0.3, 0.4) is 0 Å². The van der Waals surface area contributed by atoms with E-state index in [1.165, 1.54) is 0 Å². The number of fused-ring (bicyclic) bond motifs is 1. The van der Waals surface area contributed by atoms with Crippen molar-refractivity contribution in [3.05, 3.63) is 121 Å². The van der Waals surface area contributed by atoms with Crippen molar-refractivity contribution in [2.45, 2.75) is 17.2 Å². The zero-order chi connectivity index (χ0) is 19.5. The molecule has 0 N–H and O–H groups in total. The molecule has 2 fully saturated rings. The van der Waals surface area contributed by atoms with Crippen LogP contribution < -0.4 is 21.2 Å². The Bertz CT molecular complexity index is 984. The maximum atomic E-state index is 2.64. The minimum absolute atomic E-state index is 0.436. The summed E-state index contributed by atoms with van der Waals surface area (Å²) in [6.45, 7) is 2.64. The summed E-state index contributed by atoms with van der Waals surface area (Å²) >= 11 is 0. The van der Waals surface area contributed by atoms with E-state index in [-0.39, 0.29) is 0 Å². The van der Waals surface area contributed by atoms with E-state index in [0.717, 1.165) is 5.40 Å². The van der Waals surface area contributed by atoms with Crippen molar-refractivity contribution >= 4 is 35.7 Å². The molecule has 2 heterocycles. The number of benzene rings is 4. The maximum absolute atomic E-state index is 2.64. The molecule has 0 spiro atoms. The first-order valence-corrected chi connectivity index (χ1v) is 14.7. The van der Waals surface area contributed by atoms with Gasteiger partial charge in [-0.1, -0.05) is 0 Å². The van der Waals surface area contributed by atoms with E-state index in [1.807, 2.05) is 0 Å². The van der Waals surface area contributed by atoms with Crippen LogP contribution >= 0.6 is 14.5 Å². The van der Waals surface area contributed by atoms with Crippen LogP contribution in [0.5, 0.6) is 0 Å². The van der Waals surface area contributed by atoms with Crippen molar-refractivity contribution in [3.63, 3.8) is 0 Å². The Morgan fingerprint density at radius 2 is 0.655 bits per heavy atom. The standard InChI is InChI=1S/C27H26P2/c1-27-26(28(27,22-14-6-2-7-15-22)23-16-8-3-9-17-23)29(27,24-18-10-4-11-19-24)25-20-12-5-13-21-25/h2-21,26,28-29H,1H3. The normalized spacial score (nSPS) is 27.3. The van der Waals surface area contributed by atoms with Crippen LogP contribution in [0.15, 0.2) is 121 Å². The minimum atomic E-state index is -1.78. The molecule has 2 heteroatoms. The molecule has 6 rings (SSSR count). The summed E-state index contributed by atoms with van der Waals surface area (Å²) in [5, 5.41) is 7.31. The van der Waals surface area contributed by atoms with E-state index >= 15 is 0 Å². The van der Waals surface area contributed by atoms with Gasteiger partial charge in [0.25, 0.3) is 0 Å². The van der Waals surface area contributed by atoms with Crippen LogP contribution in [0, 0.1) is 0 Å². The predicted molar refractivity (Wildman–Crippen MR) is 133 cm³/mol. The Balaban J connectivity index is 1.60. The molecule has 0 aromatic heterocycles. The Hall–Kier alpha value is -2.26. The molecule has 0 atom stereocenters. The molecule has 0 radical (unpaired) electrons. The van der Waals surface area contributed by atoms with Gasteiger partial charge in [-0.2, -0.15) is 0 Å². The van der Waals surface area contributed by atoms with Gasteiger partial charge >= 0.3 is 174 Å². The second-order valence-electron chi connectivity index (χ2n) is 8.72. The van der Waals surface area contributed by atoms with Crippen molar-refractivity contribution in [3.8, 4) is 0 Å². The fourth-order valence-electron chi connectivity index (χ4n) is 6.80. The third kappa shape index (κ3) is 1.97. The zero-order valence-electron chi connectivity index (χ0n) is 16.6. The molecule has 0 aliphatic carbocycles. The summed E-state index contributed by atoms with van der Waals surface area (Å²) in [5.41, 5.74) is 0. The van der Waals surface area contributed by atoms with Gasteiger partial charge in [0.05, 0.1) is 0 Å². The van der Waals surface area contributed by atoms with Gasteiger partial charge in [-0.15, -0.1) is 0 Å². The second-order valence-corrected chi connectivity index (χ2v) is 18.6. The zero-order valence-corrected chi connectivity index (χ0v) is 18.6. The van der Waals surface area contributed by atoms with Gasteiger partial charge in [0.1, 0.15) is 0 Å². The summed E-state index contributed by atoms with van der Waals surface area (Å²) in [5.74, 6) is 0. The number of hydrogen-bond donors (Lipinski definition) is 0. The van der Waals surface area contributed by atoms with Gasteiger partial charge in [0, 0.05) is 0 Å². The Kier molecular flexibility index (Phi) is 3.71. The third-order valence-corrected chi connectivity index (χ3v) is 24.5. The second kappa shape index (κ2) is 6.12. The number of hydrogen-bond acceptors (Lipinski definition) is 0. The quantitative estimate of drug-likeness (QED) is 0.420. The SMILES string of the molecule is CC12C([PH]1(c1ccccc1)c1ccccc1)[PH]2(c1ccccc1)c1ccccc1. The van der Waals surface area contributed by atoms with Gasteiger partial charge in [-0.3, -0.25) is 0 Å². The Labute approximate surface area is 174 Å². The van der Waals surface area contributed by atoms with E-state index in [9.17, 15) is 0 Å². The van der Waals surface area contributed by atoms with Crippen LogP contribution in [-0.4, -0.2) is 10.3 Å². The van der Waals surface area contributed by atoms with Crippen LogP contribution in [0.1, 0.15) is 6.92 Å². The van der Waals surface area contributed by atoms with E-state index < -0.39 is 14.5 Å². The first kappa shape index (κ1) is 17.6. The summed E-state index contributed by atoms with van der Waals surface area (Å²) in [6, 6.07) is 45.8. The summed E-state index contributed by atoms with van der Waals surface area (Å²) in [4.78, 5) is 0.436. The Morgan fingerprint density at radius 3 is 0.862 bits per heavy atom. The Morgan fingerprint density at radius 1 is 0.448 bits per heavy atom. The molecule has 2 saturated heterocycles. The molecule has 0 unspecified atom stereocenters. The van der Waals surface area contributed by atoms with E-state index in [4.69, 9.17) is 0 Å². The van der Waals surface area contributed by atoms with Crippen LogP contribution in [0.2, 0.25) is 0 Å². The van der Waals surface area contributed by atoms with Crippen molar-refractivity contribution in [1.82, 2.24) is 0 Å². The van der Waals surface area contributed by atoms with E-state index in [2.05, 4.69) is 128 Å². The molecule has 144 valence electrons. The van der Waals surface area contributed by atoms with Gasteiger partial charge in [-0.25, -0.2) is 0 Å². The molecular weight excluding hydrogens is 386 g/mol. The van der Waals surface area contributed by atoms with Gasteiger partial charge in [-0.05, 0) is 0 Å². The van der Waals surface area contributed by atoms with Gasteiger partial charge in [0.15, 0.2) is 0 Å². The molecular formula is C27H26P2. The van der Waals surface area contributed by atoms with Crippen LogP contribution in [0.25, 0.3) is 0 Å². The van der Waals surface area contributed by atoms with E-state index in [0.29, 0.717) is 4.90 Å². The van der Waals surface area contributed by atoms with Crippen LogP contribution in [0.4, 0.5) is 0 Å². The van der Waals surface area contributed by atoms with Crippen molar-refractivity contribution in [2.24, 2.45) is 0 Å². The number of rotatable bonds is 4. The summed E-state index contributed by atoms with van der Waals surface area (Å²) in [7, 11) is -3.55. The monoisotopic (exact) mass is 412 g/mol. The molecule has 4 aromatic carbocycles. The molecule has 0 nitrogen and oxygen atoms in total. The molecule has 2 aliphatic rings. The molecule has 0 saturated carbocycles. The molecule has 4 aromatic rings. The van der Waals surface area contributed by atoms with Gasteiger partial charge in [0.2, 0.25) is 0 Å². The fraction of sp³-hybridized carbons (Fsp3) is 0.111. The molecule has 29 heavy (non-hydrogen) atoms. The fourth-order valence-corrected chi connectivity index (χ4v) is 29.6. The molecule has 2 aliphatic heterocycles.